The number of fused-ring (bicyclic) bond motifs is 3. The molecule has 19 heavy (non-hydrogen) atoms. The zero-order chi connectivity index (χ0) is 13.7. The van der Waals surface area contributed by atoms with Crippen molar-refractivity contribution in [3.63, 3.8) is 0 Å². The Kier molecular flexibility index (Phi) is 2.67. The van der Waals surface area contributed by atoms with Gasteiger partial charge in [-0.1, -0.05) is 17.7 Å². The minimum Gasteiger partial charge on any atom is -0.465 e. The number of carbonyl (C=O) groups excluding carboxylic acids is 1. The molecule has 0 aliphatic carbocycles. The van der Waals surface area contributed by atoms with E-state index in [1.54, 1.807) is 6.07 Å². The van der Waals surface area contributed by atoms with Gasteiger partial charge in [-0.3, -0.25) is 4.79 Å². The smallest absolute Gasteiger partial charge is 0.407 e. The summed E-state index contributed by atoms with van der Waals surface area (Å²) in [5.74, 6) is -0.223. The molecule has 1 aromatic rings. The van der Waals surface area contributed by atoms with Gasteiger partial charge in [0.1, 0.15) is 0 Å². The fraction of sp³-hybridized carbons (Fsp3) is 0.385. The molecule has 0 aromatic heterocycles. The van der Waals surface area contributed by atoms with Crippen LogP contribution in [0.25, 0.3) is 0 Å². The summed E-state index contributed by atoms with van der Waals surface area (Å²) in [7, 11) is 0. The summed E-state index contributed by atoms with van der Waals surface area (Å²) in [4.78, 5) is 24.5. The Morgan fingerprint density at radius 2 is 2.21 bits per heavy atom. The van der Waals surface area contributed by atoms with Crippen LogP contribution in [0, 0.1) is 6.92 Å². The Hall–Kier alpha value is -1.75. The first kappa shape index (κ1) is 12.3. The van der Waals surface area contributed by atoms with E-state index in [1.807, 2.05) is 13.0 Å². The van der Waals surface area contributed by atoms with Crippen molar-refractivity contribution in [3.05, 3.63) is 33.8 Å². The minimum absolute atomic E-state index is 0.0116. The summed E-state index contributed by atoms with van der Waals surface area (Å²) in [6, 6.07) is 3.42. The highest BCUT2D eigenvalue weighted by molar-refractivity contribution is 6.34. The molecule has 3 rings (SSSR count). The molecule has 2 atom stereocenters. The zero-order valence-electron chi connectivity index (χ0n) is 10.3. The Morgan fingerprint density at radius 3 is 2.89 bits per heavy atom. The molecule has 100 valence electrons. The summed E-state index contributed by atoms with van der Waals surface area (Å²) in [5, 5.41) is 12.4. The molecule has 2 unspecified atom stereocenters. The highest BCUT2D eigenvalue weighted by Crippen LogP contribution is 2.38. The van der Waals surface area contributed by atoms with E-state index in [1.165, 1.54) is 4.90 Å². The average molecular weight is 281 g/mol. The van der Waals surface area contributed by atoms with Gasteiger partial charge in [0, 0.05) is 19.0 Å². The lowest BCUT2D eigenvalue weighted by Crippen LogP contribution is -2.44. The maximum atomic E-state index is 12.1. The number of aryl methyl sites for hydroxylation is 1. The van der Waals surface area contributed by atoms with E-state index in [4.69, 9.17) is 16.7 Å². The summed E-state index contributed by atoms with van der Waals surface area (Å²) < 4.78 is 0. The molecule has 1 fully saturated rings. The molecule has 2 amide bonds. The van der Waals surface area contributed by atoms with Gasteiger partial charge in [-0.25, -0.2) is 4.79 Å². The summed E-state index contributed by atoms with van der Waals surface area (Å²) >= 11 is 6.11. The molecule has 2 heterocycles. The molecule has 0 saturated carbocycles. The second kappa shape index (κ2) is 4.13. The third-order valence-electron chi connectivity index (χ3n) is 3.92. The van der Waals surface area contributed by atoms with Gasteiger partial charge in [0.25, 0.3) is 5.91 Å². The Bertz CT molecular complexity index is 587. The van der Waals surface area contributed by atoms with Gasteiger partial charge in [0.15, 0.2) is 0 Å². The van der Waals surface area contributed by atoms with Crippen molar-refractivity contribution in [2.45, 2.75) is 18.9 Å². The first-order valence-electron chi connectivity index (χ1n) is 6.06. The predicted molar refractivity (Wildman–Crippen MR) is 69.8 cm³/mol. The van der Waals surface area contributed by atoms with Crippen molar-refractivity contribution in [3.8, 4) is 0 Å². The van der Waals surface area contributed by atoms with Crippen LogP contribution in [0.2, 0.25) is 5.02 Å². The monoisotopic (exact) mass is 280 g/mol. The van der Waals surface area contributed by atoms with Gasteiger partial charge >= 0.3 is 6.09 Å². The number of amides is 2. The van der Waals surface area contributed by atoms with Crippen LogP contribution in [0.3, 0.4) is 0 Å². The average Bonchev–Trinajstić information content (AvgIpc) is 2.76. The number of carboxylic acid groups (broad SMARTS) is 1. The number of benzene rings is 1. The van der Waals surface area contributed by atoms with Crippen LogP contribution < -0.4 is 5.32 Å². The number of rotatable bonds is 0. The highest BCUT2D eigenvalue weighted by atomic mass is 35.5. The SMILES string of the molecule is Cc1ccc(Cl)c2c1C1CN(C(=O)O)CC1NC2=O. The van der Waals surface area contributed by atoms with Crippen LogP contribution in [0.15, 0.2) is 12.1 Å². The molecule has 2 N–H and O–H groups in total. The lowest BCUT2D eigenvalue weighted by atomic mass is 9.83. The maximum Gasteiger partial charge on any atom is 0.407 e. The molecule has 5 nitrogen and oxygen atoms in total. The molecule has 0 spiro atoms. The first-order chi connectivity index (χ1) is 8.99. The fourth-order valence-corrected chi connectivity index (χ4v) is 3.30. The van der Waals surface area contributed by atoms with E-state index in [-0.39, 0.29) is 17.9 Å². The largest absolute Gasteiger partial charge is 0.465 e. The molecule has 6 heteroatoms. The van der Waals surface area contributed by atoms with Crippen molar-refractivity contribution in [2.24, 2.45) is 0 Å². The van der Waals surface area contributed by atoms with Crippen molar-refractivity contribution in [1.82, 2.24) is 10.2 Å². The van der Waals surface area contributed by atoms with Gasteiger partial charge in [-0.05, 0) is 24.1 Å². The van der Waals surface area contributed by atoms with Crippen LogP contribution in [0.4, 0.5) is 4.79 Å². The van der Waals surface area contributed by atoms with Crippen molar-refractivity contribution in [1.29, 1.82) is 0 Å². The third-order valence-corrected chi connectivity index (χ3v) is 4.23. The van der Waals surface area contributed by atoms with E-state index in [0.29, 0.717) is 23.7 Å². The molecular weight excluding hydrogens is 268 g/mol. The Morgan fingerprint density at radius 1 is 1.47 bits per heavy atom. The number of likely N-dealkylation sites (tertiary alicyclic amines) is 1. The standard InChI is InChI=1S/C13H13ClN2O3/c1-6-2-3-8(14)11-10(6)7-4-16(13(18)19)5-9(7)15-12(11)17/h2-3,7,9H,4-5H2,1H3,(H,15,17)(H,18,19). The lowest BCUT2D eigenvalue weighted by Gasteiger charge is -2.29. The van der Waals surface area contributed by atoms with Crippen molar-refractivity contribution in [2.75, 3.05) is 13.1 Å². The summed E-state index contributed by atoms with van der Waals surface area (Å²) in [6.07, 6.45) is -0.954. The predicted octanol–water partition coefficient (Wildman–Crippen LogP) is 1.84. The molecule has 0 radical (unpaired) electrons. The normalized spacial score (nSPS) is 24.7. The topological polar surface area (TPSA) is 69.6 Å². The highest BCUT2D eigenvalue weighted by Gasteiger charge is 2.43. The van der Waals surface area contributed by atoms with E-state index in [0.717, 1.165) is 11.1 Å². The van der Waals surface area contributed by atoms with Gasteiger partial charge in [0.2, 0.25) is 0 Å². The fourth-order valence-electron chi connectivity index (χ4n) is 3.05. The van der Waals surface area contributed by atoms with Gasteiger partial charge < -0.3 is 15.3 Å². The van der Waals surface area contributed by atoms with Crippen LogP contribution in [-0.2, 0) is 0 Å². The number of nitrogens with one attached hydrogen (secondary N) is 1. The number of carbonyl (C=O) groups is 2. The Labute approximate surface area is 115 Å². The van der Waals surface area contributed by atoms with E-state index >= 15 is 0 Å². The van der Waals surface area contributed by atoms with Gasteiger partial charge in [0.05, 0.1) is 16.6 Å². The molecule has 1 saturated heterocycles. The summed E-state index contributed by atoms with van der Waals surface area (Å²) in [5.41, 5.74) is 2.37. The van der Waals surface area contributed by atoms with Gasteiger partial charge in [-0.15, -0.1) is 0 Å². The van der Waals surface area contributed by atoms with Crippen molar-refractivity contribution >= 4 is 23.6 Å². The first-order valence-corrected chi connectivity index (χ1v) is 6.44. The second-order valence-corrected chi connectivity index (χ2v) is 5.43. The lowest BCUT2D eigenvalue weighted by molar-refractivity contribution is 0.0921. The van der Waals surface area contributed by atoms with E-state index < -0.39 is 6.09 Å². The summed E-state index contributed by atoms with van der Waals surface area (Å²) in [6.45, 7) is 2.65. The number of halogens is 1. The third kappa shape index (κ3) is 1.76. The quantitative estimate of drug-likeness (QED) is 0.762. The zero-order valence-corrected chi connectivity index (χ0v) is 11.1. The maximum absolute atomic E-state index is 12.1. The Balaban J connectivity index is 2.10. The second-order valence-electron chi connectivity index (χ2n) is 5.03. The molecule has 2 aliphatic rings. The molecule has 0 bridgehead atoms. The van der Waals surface area contributed by atoms with Crippen LogP contribution >= 0.6 is 11.6 Å². The number of hydrogen-bond donors (Lipinski definition) is 2. The van der Waals surface area contributed by atoms with E-state index in [9.17, 15) is 9.59 Å². The minimum atomic E-state index is -0.954. The van der Waals surface area contributed by atoms with Crippen molar-refractivity contribution < 1.29 is 14.7 Å². The van der Waals surface area contributed by atoms with Crippen LogP contribution in [-0.4, -0.2) is 41.1 Å². The molecule has 1 aromatic carbocycles. The van der Waals surface area contributed by atoms with Crippen LogP contribution in [0.1, 0.15) is 27.4 Å². The van der Waals surface area contributed by atoms with Crippen LogP contribution in [0.5, 0.6) is 0 Å². The van der Waals surface area contributed by atoms with E-state index in [2.05, 4.69) is 5.32 Å². The number of hydrogen-bond acceptors (Lipinski definition) is 2. The molecular formula is C13H13ClN2O3. The number of nitrogens with zero attached hydrogens (tertiary/aromatic N) is 1. The van der Waals surface area contributed by atoms with Gasteiger partial charge in [-0.2, -0.15) is 0 Å². The molecule has 2 aliphatic heterocycles.